The first kappa shape index (κ1) is 17.3. The van der Waals surface area contributed by atoms with Crippen LogP contribution in [0.4, 0.5) is 0 Å². The van der Waals surface area contributed by atoms with Crippen molar-refractivity contribution in [2.75, 3.05) is 23.0 Å². The maximum Gasteiger partial charge on any atom is 0.329 e. The zero-order chi connectivity index (χ0) is 15.4. The zero-order valence-corrected chi connectivity index (χ0v) is 13.3. The quantitative estimate of drug-likeness (QED) is 0.739. The van der Waals surface area contributed by atoms with Crippen LogP contribution in [0.5, 0.6) is 0 Å². The molecule has 2 N–H and O–H groups in total. The van der Waals surface area contributed by atoms with Crippen molar-refractivity contribution in [3.8, 4) is 0 Å². The highest BCUT2D eigenvalue weighted by atomic mass is 32.2. The Bertz CT molecular complexity index is 466. The molecule has 116 valence electrons. The minimum atomic E-state index is -3.49. The molecule has 0 bridgehead atoms. The molecule has 8 heteroatoms. The number of thioether (sulfide) groups is 1. The molecule has 0 radical (unpaired) electrons. The van der Waals surface area contributed by atoms with E-state index in [0.717, 1.165) is 0 Å². The van der Waals surface area contributed by atoms with Crippen LogP contribution in [0.2, 0.25) is 0 Å². The summed E-state index contributed by atoms with van der Waals surface area (Å²) >= 11 is 1.63. The Kier molecular flexibility index (Phi) is 5.88. The molecule has 0 aromatic rings. The lowest BCUT2D eigenvalue weighted by molar-refractivity contribution is -0.147. The fraction of sp³-hybridized carbons (Fsp3) is 0.833. The van der Waals surface area contributed by atoms with Gasteiger partial charge in [-0.05, 0) is 30.3 Å². The van der Waals surface area contributed by atoms with E-state index >= 15 is 0 Å². The SMILES string of the molecule is CC(C)CS(=O)(=O)CC(=O)NC1(C(=O)O)CCSCC1. The maximum absolute atomic E-state index is 11.9. The minimum absolute atomic E-state index is 0.0627. The van der Waals surface area contributed by atoms with E-state index in [4.69, 9.17) is 0 Å². The molecule has 0 saturated carbocycles. The van der Waals surface area contributed by atoms with Gasteiger partial charge in [0, 0.05) is 0 Å². The number of carbonyl (C=O) groups excluding carboxylic acids is 1. The summed E-state index contributed by atoms with van der Waals surface area (Å²) in [6, 6.07) is 0. The van der Waals surface area contributed by atoms with Gasteiger partial charge in [-0.1, -0.05) is 13.8 Å². The number of rotatable bonds is 6. The summed E-state index contributed by atoms with van der Waals surface area (Å²) in [5, 5.41) is 11.7. The Labute approximate surface area is 123 Å². The predicted molar refractivity (Wildman–Crippen MR) is 78.6 cm³/mol. The monoisotopic (exact) mass is 323 g/mol. The first-order valence-electron chi connectivity index (χ1n) is 6.49. The number of carboxylic acids is 1. The Hall–Kier alpha value is -0.760. The van der Waals surface area contributed by atoms with Gasteiger partial charge in [0.1, 0.15) is 11.3 Å². The van der Waals surface area contributed by atoms with Crippen LogP contribution in [-0.4, -0.2) is 54.0 Å². The summed E-state index contributed by atoms with van der Waals surface area (Å²) in [4.78, 5) is 23.2. The highest BCUT2D eigenvalue weighted by Crippen LogP contribution is 2.27. The summed E-state index contributed by atoms with van der Waals surface area (Å²) in [6.07, 6.45) is 0.645. The lowest BCUT2D eigenvalue weighted by atomic mass is 9.92. The van der Waals surface area contributed by atoms with E-state index in [1.54, 1.807) is 25.6 Å². The Morgan fingerprint density at radius 2 is 1.85 bits per heavy atom. The van der Waals surface area contributed by atoms with E-state index in [9.17, 15) is 23.1 Å². The first-order chi connectivity index (χ1) is 9.17. The smallest absolute Gasteiger partial charge is 0.329 e. The number of aliphatic carboxylic acids is 1. The van der Waals surface area contributed by atoms with Crippen molar-refractivity contribution in [1.82, 2.24) is 5.32 Å². The normalized spacial score (nSPS) is 18.8. The second-order valence-corrected chi connectivity index (χ2v) is 8.83. The number of nitrogens with one attached hydrogen (secondary N) is 1. The molecular formula is C12H21NO5S2. The molecule has 1 aliphatic rings. The molecular weight excluding hydrogens is 302 g/mol. The lowest BCUT2D eigenvalue weighted by Crippen LogP contribution is -2.57. The van der Waals surface area contributed by atoms with Gasteiger partial charge in [0.2, 0.25) is 5.91 Å². The van der Waals surface area contributed by atoms with Crippen molar-refractivity contribution in [2.45, 2.75) is 32.2 Å². The third kappa shape index (κ3) is 4.97. The van der Waals surface area contributed by atoms with Crippen molar-refractivity contribution in [3.05, 3.63) is 0 Å². The highest BCUT2D eigenvalue weighted by molar-refractivity contribution is 7.99. The molecule has 0 unspecified atom stereocenters. The van der Waals surface area contributed by atoms with E-state index in [1.807, 2.05) is 0 Å². The van der Waals surface area contributed by atoms with Crippen LogP contribution < -0.4 is 5.32 Å². The fourth-order valence-electron chi connectivity index (χ4n) is 2.18. The largest absolute Gasteiger partial charge is 0.480 e. The van der Waals surface area contributed by atoms with Gasteiger partial charge in [-0.3, -0.25) is 4.79 Å². The van der Waals surface area contributed by atoms with Gasteiger partial charge < -0.3 is 10.4 Å². The molecule has 1 saturated heterocycles. The van der Waals surface area contributed by atoms with Crippen LogP contribution in [-0.2, 0) is 19.4 Å². The van der Waals surface area contributed by atoms with Gasteiger partial charge >= 0.3 is 5.97 Å². The number of hydrogen-bond donors (Lipinski definition) is 2. The second kappa shape index (κ2) is 6.80. The van der Waals surface area contributed by atoms with Gasteiger partial charge in [0.15, 0.2) is 9.84 Å². The molecule has 1 amide bonds. The third-order valence-electron chi connectivity index (χ3n) is 3.07. The molecule has 0 aromatic heterocycles. The zero-order valence-electron chi connectivity index (χ0n) is 11.7. The minimum Gasteiger partial charge on any atom is -0.480 e. The van der Waals surface area contributed by atoms with Crippen LogP contribution in [0, 0.1) is 5.92 Å². The number of carbonyl (C=O) groups is 2. The van der Waals surface area contributed by atoms with Gasteiger partial charge in [-0.25, -0.2) is 13.2 Å². The Balaban J connectivity index is 2.70. The molecule has 1 heterocycles. The van der Waals surface area contributed by atoms with Crippen molar-refractivity contribution in [2.24, 2.45) is 5.92 Å². The van der Waals surface area contributed by atoms with E-state index in [2.05, 4.69) is 5.32 Å². The van der Waals surface area contributed by atoms with Crippen LogP contribution in [0.15, 0.2) is 0 Å². The molecule has 0 aromatic carbocycles. The summed E-state index contributed by atoms with van der Waals surface area (Å²) < 4.78 is 23.5. The molecule has 0 spiro atoms. The molecule has 0 atom stereocenters. The van der Waals surface area contributed by atoms with Gasteiger partial charge in [-0.2, -0.15) is 11.8 Å². The van der Waals surface area contributed by atoms with Crippen molar-refractivity contribution >= 4 is 33.5 Å². The number of amides is 1. The standard InChI is InChI=1S/C12H21NO5S2/c1-9(2)7-20(17,18)8-10(14)13-12(11(15)16)3-5-19-6-4-12/h9H,3-8H2,1-2H3,(H,13,14)(H,15,16). The van der Waals surface area contributed by atoms with E-state index < -0.39 is 33.0 Å². The van der Waals surface area contributed by atoms with Gasteiger partial charge in [0.05, 0.1) is 5.75 Å². The van der Waals surface area contributed by atoms with Crippen LogP contribution in [0.25, 0.3) is 0 Å². The molecule has 0 aliphatic carbocycles. The summed E-state index contributed by atoms with van der Waals surface area (Å²) in [5.41, 5.74) is -1.31. The Morgan fingerprint density at radius 3 is 2.30 bits per heavy atom. The summed E-state index contributed by atoms with van der Waals surface area (Å²) in [5.74, 6) is -1.31. The van der Waals surface area contributed by atoms with Gasteiger partial charge in [-0.15, -0.1) is 0 Å². The van der Waals surface area contributed by atoms with Crippen LogP contribution in [0.1, 0.15) is 26.7 Å². The number of carboxylic acid groups (broad SMARTS) is 1. The van der Waals surface area contributed by atoms with Crippen molar-refractivity contribution < 1.29 is 23.1 Å². The average Bonchev–Trinajstić information content (AvgIpc) is 2.26. The topological polar surface area (TPSA) is 101 Å². The summed E-state index contributed by atoms with van der Waals surface area (Å²) in [6.45, 7) is 3.51. The van der Waals surface area contributed by atoms with E-state index in [-0.39, 0.29) is 11.7 Å². The first-order valence-corrected chi connectivity index (χ1v) is 9.47. The van der Waals surface area contributed by atoms with Crippen molar-refractivity contribution in [3.63, 3.8) is 0 Å². The second-order valence-electron chi connectivity index (χ2n) is 5.50. The molecule has 6 nitrogen and oxygen atoms in total. The molecule has 20 heavy (non-hydrogen) atoms. The van der Waals surface area contributed by atoms with Crippen LogP contribution in [0.3, 0.4) is 0 Å². The lowest BCUT2D eigenvalue weighted by Gasteiger charge is -2.33. The van der Waals surface area contributed by atoms with Crippen molar-refractivity contribution in [1.29, 1.82) is 0 Å². The fourth-order valence-corrected chi connectivity index (χ4v) is 4.98. The summed E-state index contributed by atoms with van der Waals surface area (Å²) in [7, 11) is -3.49. The van der Waals surface area contributed by atoms with Gasteiger partial charge in [0.25, 0.3) is 0 Å². The average molecular weight is 323 g/mol. The van der Waals surface area contributed by atoms with Crippen LogP contribution >= 0.6 is 11.8 Å². The Morgan fingerprint density at radius 1 is 1.30 bits per heavy atom. The van der Waals surface area contributed by atoms with E-state index in [0.29, 0.717) is 24.3 Å². The number of hydrogen-bond acceptors (Lipinski definition) is 5. The molecule has 1 aliphatic heterocycles. The predicted octanol–water partition coefficient (Wildman–Crippen LogP) is 0.524. The molecule has 1 fully saturated rings. The van der Waals surface area contributed by atoms with E-state index in [1.165, 1.54) is 0 Å². The molecule has 1 rings (SSSR count). The maximum atomic E-state index is 11.9. The third-order valence-corrected chi connectivity index (χ3v) is 5.93. The number of sulfone groups is 1. The highest BCUT2D eigenvalue weighted by Gasteiger charge is 2.41.